The summed E-state index contributed by atoms with van der Waals surface area (Å²) in [7, 11) is 6.46. The molecule has 0 aromatic heterocycles. The molecule has 6 nitrogen and oxygen atoms in total. The molecule has 0 heterocycles. The lowest BCUT2D eigenvalue weighted by atomic mass is 10.2. The number of para-hydroxylation sites is 2. The van der Waals surface area contributed by atoms with Crippen molar-refractivity contribution in [2.45, 2.75) is 13.2 Å². The number of benzene rings is 3. The first kappa shape index (κ1) is 21.2. The van der Waals surface area contributed by atoms with Crippen LogP contribution in [0.5, 0.6) is 34.5 Å². The fourth-order valence-corrected chi connectivity index (χ4v) is 2.93. The summed E-state index contributed by atoms with van der Waals surface area (Å²) in [6.07, 6.45) is 0. The Balaban J connectivity index is 1.69. The number of methoxy groups -OCH3 is 4. The van der Waals surface area contributed by atoms with E-state index in [9.17, 15) is 0 Å². The molecular weight excluding hydrogens is 384 g/mol. The van der Waals surface area contributed by atoms with Crippen molar-refractivity contribution in [1.29, 1.82) is 0 Å². The van der Waals surface area contributed by atoms with Crippen LogP contribution in [-0.2, 0) is 13.2 Å². The average molecular weight is 410 g/mol. The minimum Gasteiger partial charge on any atom is -0.497 e. The average Bonchev–Trinajstić information content (AvgIpc) is 2.81. The zero-order chi connectivity index (χ0) is 21.3. The molecule has 3 rings (SSSR count). The Morgan fingerprint density at radius 2 is 1.07 bits per heavy atom. The van der Waals surface area contributed by atoms with Crippen molar-refractivity contribution in [1.82, 2.24) is 0 Å². The molecule has 0 saturated carbocycles. The third-order valence-electron chi connectivity index (χ3n) is 4.50. The van der Waals surface area contributed by atoms with Crippen LogP contribution in [0, 0.1) is 0 Å². The van der Waals surface area contributed by atoms with Crippen LogP contribution in [0.3, 0.4) is 0 Å². The van der Waals surface area contributed by atoms with Crippen LogP contribution < -0.4 is 28.4 Å². The lowest BCUT2D eigenvalue weighted by Crippen LogP contribution is -2.01. The Bertz CT molecular complexity index is 947. The summed E-state index contributed by atoms with van der Waals surface area (Å²) in [6.45, 7) is 0.720. The highest BCUT2D eigenvalue weighted by atomic mass is 16.5. The Morgan fingerprint density at radius 1 is 0.500 bits per heavy atom. The van der Waals surface area contributed by atoms with E-state index < -0.39 is 0 Å². The zero-order valence-electron chi connectivity index (χ0n) is 17.6. The fourth-order valence-electron chi connectivity index (χ4n) is 2.93. The van der Waals surface area contributed by atoms with Crippen LogP contribution in [0.25, 0.3) is 0 Å². The van der Waals surface area contributed by atoms with E-state index in [1.165, 1.54) is 0 Å². The highest BCUT2D eigenvalue weighted by Gasteiger charge is 2.09. The minimum absolute atomic E-state index is 0.351. The predicted octanol–water partition coefficient (Wildman–Crippen LogP) is 4.88. The van der Waals surface area contributed by atoms with Crippen LogP contribution in [0.4, 0.5) is 0 Å². The first-order chi connectivity index (χ1) is 14.7. The Labute approximate surface area is 176 Å². The number of hydrogen-bond donors (Lipinski definition) is 0. The fraction of sp³-hybridized carbons (Fsp3) is 0.250. The quantitative estimate of drug-likeness (QED) is 0.475. The second-order valence-electron chi connectivity index (χ2n) is 6.43. The molecule has 0 fully saturated rings. The highest BCUT2D eigenvalue weighted by molar-refractivity contribution is 5.44. The Morgan fingerprint density at radius 3 is 1.60 bits per heavy atom. The van der Waals surface area contributed by atoms with E-state index in [4.69, 9.17) is 28.4 Å². The van der Waals surface area contributed by atoms with Crippen molar-refractivity contribution >= 4 is 0 Å². The molecule has 0 N–H and O–H groups in total. The van der Waals surface area contributed by atoms with Crippen molar-refractivity contribution < 1.29 is 28.4 Å². The summed E-state index contributed by atoms with van der Waals surface area (Å²) < 4.78 is 33.3. The summed E-state index contributed by atoms with van der Waals surface area (Å²) in [5, 5.41) is 0. The van der Waals surface area contributed by atoms with E-state index in [1.54, 1.807) is 28.4 Å². The van der Waals surface area contributed by atoms with Gasteiger partial charge in [0.1, 0.15) is 24.7 Å². The molecule has 0 aliphatic carbocycles. The van der Waals surface area contributed by atoms with Crippen molar-refractivity contribution in [2.24, 2.45) is 0 Å². The summed E-state index contributed by atoms with van der Waals surface area (Å²) in [4.78, 5) is 0. The van der Waals surface area contributed by atoms with Gasteiger partial charge in [0.05, 0.1) is 28.4 Å². The standard InChI is InChI=1S/C24H26O6/c1-25-19-11-18(12-20(14-19)26-2)16-30-23-8-6-5-7-22(23)29-15-17-9-10-21(27-3)24(13-17)28-4/h5-14H,15-16H2,1-4H3. The van der Waals surface area contributed by atoms with Gasteiger partial charge in [-0.2, -0.15) is 0 Å². The SMILES string of the molecule is COc1cc(COc2ccccc2OCc2ccc(OC)c(OC)c2)cc(OC)c1. The maximum absolute atomic E-state index is 6.01. The van der Waals surface area contributed by atoms with Crippen LogP contribution >= 0.6 is 0 Å². The van der Waals surface area contributed by atoms with E-state index in [2.05, 4.69) is 0 Å². The van der Waals surface area contributed by atoms with Gasteiger partial charge < -0.3 is 28.4 Å². The molecule has 0 aliphatic heterocycles. The third-order valence-corrected chi connectivity index (χ3v) is 4.50. The molecule has 6 heteroatoms. The van der Waals surface area contributed by atoms with Gasteiger partial charge in [0.25, 0.3) is 0 Å². The molecule has 30 heavy (non-hydrogen) atoms. The highest BCUT2D eigenvalue weighted by Crippen LogP contribution is 2.31. The van der Waals surface area contributed by atoms with E-state index in [-0.39, 0.29) is 0 Å². The van der Waals surface area contributed by atoms with Gasteiger partial charge in [-0.1, -0.05) is 18.2 Å². The van der Waals surface area contributed by atoms with E-state index in [0.717, 1.165) is 11.1 Å². The van der Waals surface area contributed by atoms with Crippen molar-refractivity contribution in [3.05, 3.63) is 71.8 Å². The second kappa shape index (κ2) is 10.3. The summed E-state index contributed by atoms with van der Waals surface area (Å²) in [5.74, 6) is 4.08. The van der Waals surface area contributed by atoms with Gasteiger partial charge in [-0.05, 0) is 47.5 Å². The van der Waals surface area contributed by atoms with Gasteiger partial charge in [0.2, 0.25) is 0 Å². The lowest BCUT2D eigenvalue weighted by Gasteiger charge is -2.14. The van der Waals surface area contributed by atoms with Crippen LogP contribution in [0.15, 0.2) is 60.7 Å². The topological polar surface area (TPSA) is 55.4 Å². The monoisotopic (exact) mass is 410 g/mol. The molecule has 0 amide bonds. The van der Waals surface area contributed by atoms with Gasteiger partial charge in [-0.3, -0.25) is 0 Å². The molecule has 0 atom stereocenters. The zero-order valence-corrected chi connectivity index (χ0v) is 17.6. The van der Waals surface area contributed by atoms with Gasteiger partial charge in [0, 0.05) is 6.07 Å². The van der Waals surface area contributed by atoms with Gasteiger partial charge >= 0.3 is 0 Å². The Hall–Kier alpha value is -3.54. The maximum Gasteiger partial charge on any atom is 0.161 e. The molecule has 0 radical (unpaired) electrons. The van der Waals surface area contributed by atoms with Crippen LogP contribution in [-0.4, -0.2) is 28.4 Å². The van der Waals surface area contributed by atoms with Crippen molar-refractivity contribution in [3.8, 4) is 34.5 Å². The number of hydrogen-bond acceptors (Lipinski definition) is 6. The first-order valence-corrected chi connectivity index (χ1v) is 9.44. The van der Waals surface area contributed by atoms with Gasteiger partial charge in [0.15, 0.2) is 23.0 Å². The van der Waals surface area contributed by atoms with Gasteiger partial charge in [-0.25, -0.2) is 0 Å². The molecule has 0 spiro atoms. The molecule has 3 aromatic rings. The molecule has 158 valence electrons. The number of rotatable bonds is 10. The van der Waals surface area contributed by atoms with E-state index >= 15 is 0 Å². The minimum atomic E-state index is 0.351. The first-order valence-electron chi connectivity index (χ1n) is 9.44. The molecule has 0 saturated heterocycles. The summed E-state index contributed by atoms with van der Waals surface area (Å²) in [5.41, 5.74) is 1.89. The molecular formula is C24H26O6. The molecule has 3 aromatic carbocycles. The smallest absolute Gasteiger partial charge is 0.161 e. The Kier molecular flexibility index (Phi) is 7.27. The molecule has 0 bridgehead atoms. The van der Waals surface area contributed by atoms with Crippen LogP contribution in [0.1, 0.15) is 11.1 Å². The molecule has 0 aliphatic rings. The summed E-state index contributed by atoms with van der Waals surface area (Å²) in [6, 6.07) is 18.9. The lowest BCUT2D eigenvalue weighted by molar-refractivity contribution is 0.255. The van der Waals surface area contributed by atoms with E-state index in [0.29, 0.717) is 47.7 Å². The second-order valence-corrected chi connectivity index (χ2v) is 6.43. The van der Waals surface area contributed by atoms with Crippen LogP contribution in [0.2, 0.25) is 0 Å². The maximum atomic E-state index is 6.01. The third kappa shape index (κ3) is 5.29. The normalized spacial score (nSPS) is 10.3. The number of ether oxygens (including phenoxy) is 6. The summed E-state index contributed by atoms with van der Waals surface area (Å²) >= 11 is 0. The largest absolute Gasteiger partial charge is 0.497 e. The van der Waals surface area contributed by atoms with Crippen molar-refractivity contribution in [2.75, 3.05) is 28.4 Å². The predicted molar refractivity (Wildman–Crippen MR) is 114 cm³/mol. The van der Waals surface area contributed by atoms with Gasteiger partial charge in [-0.15, -0.1) is 0 Å². The van der Waals surface area contributed by atoms with Crippen molar-refractivity contribution in [3.63, 3.8) is 0 Å². The van der Waals surface area contributed by atoms with E-state index in [1.807, 2.05) is 60.7 Å². The molecule has 0 unspecified atom stereocenters.